The van der Waals surface area contributed by atoms with Crippen molar-refractivity contribution in [1.82, 2.24) is 0 Å². The van der Waals surface area contributed by atoms with Crippen molar-refractivity contribution in [2.24, 2.45) is 0 Å². The molecule has 1 N–H and O–H groups in total. The van der Waals surface area contributed by atoms with Crippen molar-refractivity contribution in [2.75, 3.05) is 0 Å². The molecule has 0 aliphatic heterocycles. The molecule has 0 aromatic carbocycles. The van der Waals surface area contributed by atoms with Crippen LogP contribution >= 0.6 is 0 Å². The van der Waals surface area contributed by atoms with Crippen LogP contribution < -0.4 is 0 Å². The average molecular weight is 126 g/mol. The molecule has 2 nitrogen and oxygen atoms in total. The van der Waals surface area contributed by atoms with Crippen molar-refractivity contribution < 1.29 is 9.90 Å². The van der Waals surface area contributed by atoms with Crippen LogP contribution in [0, 0.1) is 0 Å². The number of hydrogen-bond acceptors (Lipinski definition) is 1. The lowest BCUT2D eigenvalue weighted by atomic mass is 10.1. The summed E-state index contributed by atoms with van der Waals surface area (Å²) in [6, 6.07) is 0. The van der Waals surface area contributed by atoms with E-state index in [2.05, 4.69) is 13.2 Å². The third-order valence-electron chi connectivity index (χ3n) is 0.834. The van der Waals surface area contributed by atoms with E-state index in [0.29, 0.717) is 12.0 Å². The van der Waals surface area contributed by atoms with Crippen LogP contribution in [0.3, 0.4) is 0 Å². The Kier molecular flexibility index (Phi) is 3.44. The number of carboxylic acids is 1. The lowest BCUT2D eigenvalue weighted by Gasteiger charge is -1.94. The molecule has 50 valence electrons. The maximum Gasteiger partial charge on any atom is 0.307 e. The van der Waals surface area contributed by atoms with Crippen LogP contribution in [-0.4, -0.2) is 11.1 Å². The van der Waals surface area contributed by atoms with E-state index in [0.717, 1.165) is 0 Å². The molecule has 0 aliphatic carbocycles. The Morgan fingerprint density at radius 1 is 1.67 bits per heavy atom. The second kappa shape index (κ2) is 3.89. The molecule has 0 aliphatic rings. The molecule has 0 heterocycles. The Balaban J connectivity index is 3.50. The Labute approximate surface area is 54.5 Å². The van der Waals surface area contributed by atoms with E-state index in [1.54, 1.807) is 6.08 Å². The van der Waals surface area contributed by atoms with E-state index in [1.807, 2.05) is 0 Å². The third-order valence-corrected chi connectivity index (χ3v) is 0.834. The molecular weight excluding hydrogens is 116 g/mol. The van der Waals surface area contributed by atoms with E-state index in [4.69, 9.17) is 5.11 Å². The summed E-state index contributed by atoms with van der Waals surface area (Å²) in [5, 5.41) is 8.22. The molecule has 0 unspecified atom stereocenters. The van der Waals surface area contributed by atoms with E-state index < -0.39 is 5.97 Å². The highest BCUT2D eigenvalue weighted by Gasteiger charge is 1.97. The van der Waals surface area contributed by atoms with Gasteiger partial charge in [-0.3, -0.25) is 4.79 Å². The lowest BCUT2D eigenvalue weighted by Crippen LogP contribution is -1.95. The first-order valence-electron chi connectivity index (χ1n) is 2.66. The summed E-state index contributed by atoms with van der Waals surface area (Å²) in [5.41, 5.74) is 0.692. The van der Waals surface area contributed by atoms with E-state index in [-0.39, 0.29) is 6.42 Å². The summed E-state index contributed by atoms with van der Waals surface area (Å²) in [7, 11) is 0. The standard InChI is InChI=1S/C7H10O2/c1-3-4-6(2)5-7(8)9/h3H,1-2,4-5H2,(H,8,9). The van der Waals surface area contributed by atoms with Crippen LogP contribution in [0.1, 0.15) is 12.8 Å². The van der Waals surface area contributed by atoms with Gasteiger partial charge in [-0.25, -0.2) is 0 Å². The monoisotopic (exact) mass is 126 g/mol. The van der Waals surface area contributed by atoms with Crippen LogP contribution in [-0.2, 0) is 4.79 Å². The molecular formula is C7H10O2. The van der Waals surface area contributed by atoms with Crippen LogP contribution in [0.15, 0.2) is 24.8 Å². The number of carbonyl (C=O) groups is 1. The van der Waals surface area contributed by atoms with E-state index in [1.165, 1.54) is 0 Å². The number of allylic oxidation sites excluding steroid dienone is 1. The second-order valence-electron chi connectivity index (χ2n) is 1.81. The summed E-state index contributed by atoms with van der Waals surface area (Å²) in [4.78, 5) is 9.99. The van der Waals surface area contributed by atoms with Gasteiger partial charge in [0.25, 0.3) is 0 Å². The van der Waals surface area contributed by atoms with Crippen molar-refractivity contribution in [1.29, 1.82) is 0 Å². The smallest absolute Gasteiger partial charge is 0.307 e. The van der Waals surface area contributed by atoms with Crippen molar-refractivity contribution in [2.45, 2.75) is 12.8 Å². The Morgan fingerprint density at radius 2 is 2.22 bits per heavy atom. The van der Waals surface area contributed by atoms with Gasteiger partial charge in [0, 0.05) is 0 Å². The van der Waals surface area contributed by atoms with Gasteiger partial charge in [0.05, 0.1) is 6.42 Å². The van der Waals surface area contributed by atoms with E-state index >= 15 is 0 Å². The van der Waals surface area contributed by atoms with Gasteiger partial charge >= 0.3 is 5.97 Å². The predicted molar refractivity (Wildman–Crippen MR) is 36.2 cm³/mol. The second-order valence-corrected chi connectivity index (χ2v) is 1.81. The molecule has 0 spiro atoms. The van der Waals surface area contributed by atoms with Gasteiger partial charge in [-0.15, -0.1) is 6.58 Å². The number of carboxylic acid groups (broad SMARTS) is 1. The molecule has 0 radical (unpaired) electrons. The molecule has 0 rings (SSSR count). The first-order valence-corrected chi connectivity index (χ1v) is 2.66. The summed E-state index contributed by atoms with van der Waals surface area (Å²) in [5.74, 6) is -0.832. The van der Waals surface area contributed by atoms with Crippen LogP contribution in [0.25, 0.3) is 0 Å². The number of rotatable bonds is 4. The fourth-order valence-electron chi connectivity index (χ4n) is 0.490. The maximum absolute atomic E-state index is 9.99. The molecule has 2 heteroatoms. The predicted octanol–water partition coefficient (Wildman–Crippen LogP) is 1.59. The Bertz CT molecular complexity index is 136. The van der Waals surface area contributed by atoms with Crippen molar-refractivity contribution >= 4 is 5.97 Å². The van der Waals surface area contributed by atoms with Gasteiger partial charge in [0.1, 0.15) is 0 Å². The topological polar surface area (TPSA) is 37.3 Å². The molecule has 0 aromatic rings. The fraction of sp³-hybridized carbons (Fsp3) is 0.286. The number of hydrogen-bond donors (Lipinski definition) is 1. The summed E-state index contributed by atoms with van der Waals surface area (Å²) in [6.07, 6.45) is 2.28. The van der Waals surface area contributed by atoms with Crippen LogP contribution in [0.5, 0.6) is 0 Å². The zero-order valence-electron chi connectivity index (χ0n) is 5.26. The van der Waals surface area contributed by atoms with Gasteiger partial charge in [-0.2, -0.15) is 0 Å². The molecule has 0 saturated carbocycles. The zero-order chi connectivity index (χ0) is 7.28. The third kappa shape index (κ3) is 4.81. The van der Waals surface area contributed by atoms with Crippen molar-refractivity contribution in [3.05, 3.63) is 24.8 Å². The minimum absolute atomic E-state index is 0.0476. The minimum Gasteiger partial charge on any atom is -0.481 e. The maximum atomic E-state index is 9.99. The van der Waals surface area contributed by atoms with Gasteiger partial charge in [-0.05, 0) is 6.42 Å². The summed E-state index contributed by atoms with van der Waals surface area (Å²) >= 11 is 0. The molecule has 0 saturated heterocycles. The first-order chi connectivity index (χ1) is 4.16. The molecule has 0 aromatic heterocycles. The van der Waals surface area contributed by atoms with Crippen molar-refractivity contribution in [3.8, 4) is 0 Å². The molecule has 0 fully saturated rings. The van der Waals surface area contributed by atoms with Gasteiger partial charge < -0.3 is 5.11 Å². The quantitative estimate of drug-likeness (QED) is 0.581. The van der Waals surface area contributed by atoms with E-state index in [9.17, 15) is 4.79 Å². The summed E-state index contributed by atoms with van der Waals surface area (Å²) < 4.78 is 0. The average Bonchev–Trinajstić information content (AvgIpc) is 1.63. The Morgan fingerprint density at radius 3 is 2.56 bits per heavy atom. The molecule has 0 amide bonds. The largest absolute Gasteiger partial charge is 0.481 e. The minimum atomic E-state index is -0.832. The Hall–Kier alpha value is -1.05. The molecule has 9 heavy (non-hydrogen) atoms. The number of aliphatic carboxylic acids is 1. The van der Waals surface area contributed by atoms with Crippen molar-refractivity contribution in [3.63, 3.8) is 0 Å². The molecule has 0 atom stereocenters. The van der Waals surface area contributed by atoms with Crippen LogP contribution in [0.4, 0.5) is 0 Å². The van der Waals surface area contributed by atoms with Gasteiger partial charge in [0.2, 0.25) is 0 Å². The highest BCUT2D eigenvalue weighted by atomic mass is 16.4. The summed E-state index contributed by atoms with van der Waals surface area (Å²) in [6.45, 7) is 6.99. The van der Waals surface area contributed by atoms with Crippen LogP contribution in [0.2, 0.25) is 0 Å². The highest BCUT2D eigenvalue weighted by Crippen LogP contribution is 2.02. The SMILES string of the molecule is C=CCC(=C)CC(=O)O. The normalized spacial score (nSPS) is 8.44. The highest BCUT2D eigenvalue weighted by molar-refractivity contribution is 5.69. The van der Waals surface area contributed by atoms with Gasteiger partial charge in [-0.1, -0.05) is 18.2 Å². The lowest BCUT2D eigenvalue weighted by molar-refractivity contribution is -0.136. The zero-order valence-corrected chi connectivity index (χ0v) is 5.26. The first kappa shape index (κ1) is 7.95. The fourth-order valence-corrected chi connectivity index (χ4v) is 0.490. The molecule has 0 bridgehead atoms. The van der Waals surface area contributed by atoms with Gasteiger partial charge in [0.15, 0.2) is 0 Å².